The summed E-state index contributed by atoms with van der Waals surface area (Å²) in [5.74, 6) is 2.00. The number of carbonyl (C=O) groups excluding carboxylic acids is 1. The number of anilines is 4. The van der Waals surface area contributed by atoms with Crippen LogP contribution in [0.5, 0.6) is 0 Å². The van der Waals surface area contributed by atoms with Gasteiger partial charge in [0, 0.05) is 44.6 Å². The predicted octanol–water partition coefficient (Wildman–Crippen LogP) is 2.78. The van der Waals surface area contributed by atoms with Crippen molar-refractivity contribution in [1.29, 1.82) is 0 Å². The summed E-state index contributed by atoms with van der Waals surface area (Å²) in [6.45, 7) is 5.56. The first-order valence-electron chi connectivity index (χ1n) is 11.5. The van der Waals surface area contributed by atoms with Crippen molar-refractivity contribution in [3.8, 4) is 0 Å². The Morgan fingerprint density at radius 1 is 0.941 bits per heavy atom. The molecule has 2 atom stereocenters. The molecule has 0 bridgehead atoms. The Morgan fingerprint density at radius 3 is 2.38 bits per heavy atom. The third kappa shape index (κ3) is 4.75. The van der Waals surface area contributed by atoms with E-state index in [1.165, 1.54) is 6.20 Å². The van der Waals surface area contributed by atoms with Crippen LogP contribution in [0.1, 0.15) is 23.7 Å². The van der Waals surface area contributed by atoms with Gasteiger partial charge in [-0.2, -0.15) is 0 Å². The van der Waals surface area contributed by atoms with E-state index in [2.05, 4.69) is 42.0 Å². The molecule has 34 heavy (non-hydrogen) atoms. The minimum atomic E-state index is -0.819. The molecule has 2 saturated heterocycles. The van der Waals surface area contributed by atoms with Crippen LogP contribution in [0.2, 0.25) is 0 Å². The second kappa shape index (κ2) is 9.58. The highest BCUT2D eigenvalue weighted by molar-refractivity contribution is 6.04. The van der Waals surface area contributed by atoms with Crippen LogP contribution in [-0.4, -0.2) is 70.8 Å². The lowest BCUT2D eigenvalue weighted by atomic mass is 10.2. The summed E-state index contributed by atoms with van der Waals surface area (Å²) in [5, 5.41) is 2.81. The lowest BCUT2D eigenvalue weighted by molar-refractivity contribution is 0.102. The molecule has 3 aromatic rings. The number of rotatable bonds is 5. The summed E-state index contributed by atoms with van der Waals surface area (Å²) in [5.41, 5.74) is 0.931. The minimum Gasteiger partial charge on any atom is -0.354 e. The molecule has 1 N–H and O–H groups in total. The summed E-state index contributed by atoms with van der Waals surface area (Å²) in [4.78, 5) is 36.6. The van der Waals surface area contributed by atoms with Crippen LogP contribution >= 0.6 is 0 Å². The van der Waals surface area contributed by atoms with E-state index in [0.29, 0.717) is 42.5 Å². The third-order valence-corrected chi connectivity index (χ3v) is 6.22. The summed E-state index contributed by atoms with van der Waals surface area (Å²) >= 11 is 0. The van der Waals surface area contributed by atoms with Crippen LogP contribution in [0.15, 0.2) is 55.1 Å². The van der Waals surface area contributed by atoms with Gasteiger partial charge in [-0.3, -0.25) is 4.79 Å². The van der Waals surface area contributed by atoms with Crippen molar-refractivity contribution in [2.45, 2.75) is 25.6 Å². The highest BCUT2D eigenvalue weighted by Crippen LogP contribution is 2.22. The zero-order chi connectivity index (χ0) is 23.5. The molecule has 10 heteroatoms. The van der Waals surface area contributed by atoms with Crippen molar-refractivity contribution in [2.24, 2.45) is 0 Å². The van der Waals surface area contributed by atoms with Crippen LogP contribution in [0.4, 0.5) is 27.7 Å². The van der Waals surface area contributed by atoms with E-state index in [1.807, 2.05) is 23.1 Å². The fraction of sp³-hybridized carbons (Fsp3) is 0.375. The smallest absolute Gasteiger partial charge is 0.257 e. The molecule has 176 valence electrons. The van der Waals surface area contributed by atoms with E-state index in [1.54, 1.807) is 30.7 Å². The average Bonchev–Trinajstić information content (AvgIpc) is 3.31. The molecule has 0 unspecified atom stereocenters. The second-order valence-corrected chi connectivity index (χ2v) is 8.64. The summed E-state index contributed by atoms with van der Waals surface area (Å²) < 4.78 is 13.4. The Bertz CT molecular complexity index is 1110. The SMILES string of the molecule is C[C@H]1CN(c2ccccn2)CCN1c1ncc(NC(=O)c2ccc(N3CC[C@H](F)C3)nc2)cn1. The maximum absolute atomic E-state index is 13.4. The lowest BCUT2D eigenvalue weighted by Gasteiger charge is -2.40. The predicted molar refractivity (Wildman–Crippen MR) is 129 cm³/mol. The van der Waals surface area contributed by atoms with Gasteiger partial charge in [0.25, 0.3) is 5.91 Å². The zero-order valence-corrected chi connectivity index (χ0v) is 19.0. The summed E-state index contributed by atoms with van der Waals surface area (Å²) in [6, 6.07) is 9.59. The average molecular weight is 463 g/mol. The molecule has 0 spiro atoms. The molecule has 2 fully saturated rings. The molecule has 0 aromatic carbocycles. The third-order valence-electron chi connectivity index (χ3n) is 6.22. The number of piperazine rings is 1. The van der Waals surface area contributed by atoms with Gasteiger partial charge >= 0.3 is 0 Å². The van der Waals surface area contributed by atoms with E-state index in [0.717, 1.165) is 25.5 Å². The van der Waals surface area contributed by atoms with Gasteiger partial charge in [-0.15, -0.1) is 0 Å². The Balaban J connectivity index is 1.18. The van der Waals surface area contributed by atoms with Gasteiger partial charge in [-0.1, -0.05) is 6.07 Å². The van der Waals surface area contributed by atoms with E-state index >= 15 is 0 Å². The van der Waals surface area contributed by atoms with Gasteiger partial charge in [0.2, 0.25) is 5.95 Å². The topological polar surface area (TPSA) is 90.4 Å². The number of alkyl halides is 1. The van der Waals surface area contributed by atoms with Gasteiger partial charge in [0.15, 0.2) is 0 Å². The molecule has 0 saturated carbocycles. The first-order chi connectivity index (χ1) is 16.6. The molecular formula is C24H27FN8O. The molecule has 0 radical (unpaired) electrons. The number of aromatic nitrogens is 4. The van der Waals surface area contributed by atoms with Gasteiger partial charge in [-0.05, 0) is 37.6 Å². The van der Waals surface area contributed by atoms with E-state index in [4.69, 9.17) is 0 Å². The first kappa shape index (κ1) is 22.0. The van der Waals surface area contributed by atoms with Crippen molar-refractivity contribution in [2.75, 3.05) is 52.7 Å². The Labute approximate surface area is 197 Å². The van der Waals surface area contributed by atoms with Gasteiger partial charge in [0.1, 0.15) is 17.8 Å². The molecule has 2 aliphatic rings. The number of nitrogens with one attached hydrogen (secondary N) is 1. The Morgan fingerprint density at radius 2 is 1.74 bits per heavy atom. The molecule has 0 aliphatic carbocycles. The number of carbonyl (C=O) groups is 1. The normalized spacial score (nSPS) is 20.5. The van der Waals surface area contributed by atoms with Crippen LogP contribution in [0.3, 0.4) is 0 Å². The highest BCUT2D eigenvalue weighted by Gasteiger charge is 2.26. The summed E-state index contributed by atoms with van der Waals surface area (Å²) in [6.07, 6.45) is 6.24. The second-order valence-electron chi connectivity index (χ2n) is 8.64. The van der Waals surface area contributed by atoms with Gasteiger partial charge < -0.3 is 20.0 Å². The minimum absolute atomic E-state index is 0.212. The zero-order valence-electron chi connectivity index (χ0n) is 19.0. The molecular weight excluding hydrogens is 435 g/mol. The maximum atomic E-state index is 13.4. The first-order valence-corrected chi connectivity index (χ1v) is 11.5. The van der Waals surface area contributed by atoms with Crippen molar-refractivity contribution < 1.29 is 9.18 Å². The maximum Gasteiger partial charge on any atom is 0.257 e. The molecule has 2 aliphatic heterocycles. The summed E-state index contributed by atoms with van der Waals surface area (Å²) in [7, 11) is 0. The standard InChI is InChI=1S/C24H27FN8O/c1-17-15-32(21-4-2-3-8-26-21)10-11-33(17)24-28-13-20(14-29-24)30-23(34)18-5-6-22(27-12-18)31-9-7-19(25)16-31/h2-6,8,12-14,17,19H,7,9-11,15-16H2,1H3,(H,30,34)/t17-,19-/m0/s1. The van der Waals surface area contributed by atoms with Crippen LogP contribution in [0.25, 0.3) is 0 Å². The number of pyridine rings is 2. The van der Waals surface area contributed by atoms with Crippen molar-refractivity contribution >= 4 is 29.2 Å². The van der Waals surface area contributed by atoms with Gasteiger partial charge in [-0.25, -0.2) is 24.3 Å². The lowest BCUT2D eigenvalue weighted by Crippen LogP contribution is -2.53. The fourth-order valence-electron chi connectivity index (χ4n) is 4.37. The Hall–Kier alpha value is -3.82. The molecule has 9 nitrogen and oxygen atoms in total. The Kier molecular flexibility index (Phi) is 6.20. The van der Waals surface area contributed by atoms with Crippen LogP contribution in [0, 0.1) is 0 Å². The van der Waals surface area contributed by atoms with Crippen molar-refractivity contribution in [1.82, 2.24) is 19.9 Å². The highest BCUT2D eigenvalue weighted by atomic mass is 19.1. The number of hydrogen-bond acceptors (Lipinski definition) is 8. The molecule has 5 rings (SSSR count). The monoisotopic (exact) mass is 462 g/mol. The van der Waals surface area contributed by atoms with E-state index in [-0.39, 0.29) is 11.9 Å². The van der Waals surface area contributed by atoms with E-state index < -0.39 is 6.17 Å². The van der Waals surface area contributed by atoms with E-state index in [9.17, 15) is 9.18 Å². The van der Waals surface area contributed by atoms with Crippen LogP contribution < -0.4 is 20.0 Å². The molecule has 3 aromatic heterocycles. The molecule has 1 amide bonds. The van der Waals surface area contributed by atoms with Crippen LogP contribution in [-0.2, 0) is 0 Å². The number of nitrogens with zero attached hydrogens (tertiary/aromatic N) is 7. The number of amides is 1. The fourth-order valence-corrected chi connectivity index (χ4v) is 4.37. The van der Waals surface area contributed by atoms with Crippen molar-refractivity contribution in [3.05, 3.63) is 60.7 Å². The van der Waals surface area contributed by atoms with Gasteiger partial charge in [0.05, 0.1) is 30.2 Å². The number of halogens is 1. The molecule has 5 heterocycles. The van der Waals surface area contributed by atoms with Crippen molar-refractivity contribution in [3.63, 3.8) is 0 Å². The number of hydrogen-bond donors (Lipinski definition) is 1. The quantitative estimate of drug-likeness (QED) is 0.619. The largest absolute Gasteiger partial charge is 0.354 e.